The van der Waals surface area contributed by atoms with Crippen LogP contribution in [0.5, 0.6) is 0 Å². The molecule has 1 aliphatic heterocycles. The Morgan fingerprint density at radius 2 is 1.27 bits per heavy atom. The first-order chi connectivity index (χ1) is 6.95. The van der Waals surface area contributed by atoms with Gasteiger partial charge in [-0.15, -0.1) is 0 Å². The lowest BCUT2D eigenvalue weighted by Gasteiger charge is -2.47. The van der Waals surface area contributed by atoms with Gasteiger partial charge in [0, 0.05) is 0 Å². The summed E-state index contributed by atoms with van der Waals surface area (Å²) in [4.78, 5) is 0. The normalized spacial score (nSPS) is 19.9. The van der Waals surface area contributed by atoms with Crippen LogP contribution in [0.15, 0.2) is 0 Å². The molecule has 0 aromatic rings. The summed E-state index contributed by atoms with van der Waals surface area (Å²) in [5.74, 6) is 0.678. The number of rotatable bonds is 3. The van der Waals surface area contributed by atoms with Crippen molar-refractivity contribution in [3.8, 4) is 0 Å². The van der Waals surface area contributed by atoms with Crippen LogP contribution in [0.3, 0.4) is 0 Å². The summed E-state index contributed by atoms with van der Waals surface area (Å²) in [5, 5.41) is 3.48. The van der Waals surface area contributed by atoms with Gasteiger partial charge in [0.15, 0.2) is 0 Å². The smallest absolute Gasteiger partial charge is 0.292 e. The highest BCUT2D eigenvalue weighted by molar-refractivity contribution is 6.75. The van der Waals surface area contributed by atoms with Gasteiger partial charge in [-0.1, -0.05) is 41.5 Å². The molecule has 0 aromatic carbocycles. The summed E-state index contributed by atoms with van der Waals surface area (Å²) in [6.07, 6.45) is 0. The molecule has 1 fully saturated rings. The Labute approximate surface area is 96.7 Å². The zero-order valence-electron chi connectivity index (χ0n) is 11.1. The van der Waals surface area contributed by atoms with Crippen LogP contribution in [0.2, 0.25) is 5.82 Å². The van der Waals surface area contributed by atoms with E-state index in [1.54, 1.807) is 0 Å². The summed E-state index contributed by atoms with van der Waals surface area (Å²) >= 11 is 0. The number of hydrogen-bond acceptors (Lipinski definition) is 3. The third-order valence-corrected chi connectivity index (χ3v) is 3.19. The Balaban J connectivity index is 2.80. The van der Waals surface area contributed by atoms with Gasteiger partial charge in [-0.05, 0) is 17.9 Å². The van der Waals surface area contributed by atoms with Crippen molar-refractivity contribution in [1.29, 1.82) is 0 Å². The van der Waals surface area contributed by atoms with Gasteiger partial charge in [-0.2, -0.15) is 0 Å². The second-order valence-corrected chi connectivity index (χ2v) is 5.44. The lowest BCUT2D eigenvalue weighted by molar-refractivity contribution is 0.423. The Morgan fingerprint density at radius 3 is 1.53 bits per heavy atom. The van der Waals surface area contributed by atoms with Gasteiger partial charge >= 0.3 is 0 Å². The lowest BCUT2D eigenvalue weighted by atomic mass is 9.50. The largest absolute Gasteiger partial charge is 0.377 e. The lowest BCUT2D eigenvalue weighted by Crippen LogP contribution is -2.70. The van der Waals surface area contributed by atoms with Crippen molar-refractivity contribution in [3.63, 3.8) is 0 Å². The van der Waals surface area contributed by atoms with Crippen molar-refractivity contribution in [2.75, 3.05) is 0 Å². The maximum Gasteiger partial charge on any atom is 0.292 e. The van der Waals surface area contributed by atoms with Crippen LogP contribution in [-0.4, -0.2) is 43.6 Å². The van der Waals surface area contributed by atoms with Gasteiger partial charge in [0.05, 0.1) is 0 Å². The van der Waals surface area contributed by atoms with Gasteiger partial charge in [0.25, 0.3) is 22.1 Å². The van der Waals surface area contributed by atoms with Gasteiger partial charge in [0.2, 0.25) is 0 Å². The molecule has 1 rings (SSSR count). The van der Waals surface area contributed by atoms with Crippen LogP contribution in [0, 0.1) is 0 Å². The van der Waals surface area contributed by atoms with Crippen molar-refractivity contribution < 1.29 is 0 Å². The van der Waals surface area contributed by atoms with Crippen molar-refractivity contribution in [1.82, 2.24) is 14.6 Å². The molecule has 84 valence electrons. The molecule has 0 bridgehead atoms. The first kappa shape index (κ1) is 13.1. The maximum atomic E-state index is 3.48. The van der Waals surface area contributed by atoms with Crippen molar-refractivity contribution in [2.45, 2.75) is 59.4 Å². The Kier molecular flexibility index (Phi) is 4.75. The van der Waals surface area contributed by atoms with Gasteiger partial charge in [0.1, 0.15) is 0 Å². The molecule has 0 aromatic heterocycles. The van der Waals surface area contributed by atoms with Crippen LogP contribution in [0.25, 0.3) is 0 Å². The molecular formula is C9H24B3N3. The fourth-order valence-electron chi connectivity index (χ4n) is 2.43. The first-order valence-electron chi connectivity index (χ1n) is 6.17. The van der Waals surface area contributed by atoms with E-state index in [2.05, 4.69) is 56.1 Å². The second kappa shape index (κ2) is 5.42. The summed E-state index contributed by atoms with van der Waals surface area (Å²) in [7, 11) is 2.04. The topological polar surface area (TPSA) is 18.5 Å². The molecule has 1 N–H and O–H groups in total. The zero-order valence-corrected chi connectivity index (χ0v) is 11.1. The van der Waals surface area contributed by atoms with Crippen molar-refractivity contribution >= 4 is 22.1 Å². The molecule has 0 saturated carbocycles. The minimum atomic E-state index is 0.575. The van der Waals surface area contributed by atoms with Crippen LogP contribution in [0.1, 0.15) is 41.5 Å². The van der Waals surface area contributed by atoms with E-state index in [-0.39, 0.29) is 0 Å². The molecule has 0 atom stereocenters. The fourth-order valence-corrected chi connectivity index (χ4v) is 2.43. The molecule has 1 heterocycles. The SMILES string of the molecule is CC(C)B1N(C(C)C)BNBN1C(C)C. The maximum absolute atomic E-state index is 3.48. The standard InChI is InChI=1S/C9H24B3N3/c1-7(2)12-14(8(3)4)10-13-11-15(12)9(5)6/h7-11,13H,1-6H3. The quantitative estimate of drug-likeness (QED) is 0.677. The zero-order chi connectivity index (χ0) is 11.6. The Morgan fingerprint density at radius 1 is 0.867 bits per heavy atom. The highest BCUT2D eigenvalue weighted by Gasteiger charge is 2.38. The first-order valence-corrected chi connectivity index (χ1v) is 6.17. The molecular weight excluding hydrogens is 183 g/mol. The van der Waals surface area contributed by atoms with Gasteiger partial charge < -0.3 is 14.6 Å². The molecule has 1 aliphatic rings. The van der Waals surface area contributed by atoms with Gasteiger partial charge in [-0.25, -0.2) is 0 Å². The molecule has 6 heteroatoms. The summed E-state index contributed by atoms with van der Waals surface area (Å²) in [6.45, 7) is 14.3. The van der Waals surface area contributed by atoms with E-state index in [0.717, 1.165) is 15.1 Å². The van der Waals surface area contributed by atoms with Crippen LogP contribution in [-0.2, 0) is 0 Å². The highest BCUT2D eigenvalue weighted by Crippen LogP contribution is 2.20. The van der Waals surface area contributed by atoms with Crippen LogP contribution < -0.4 is 5.14 Å². The Hall–Kier alpha value is 0.0748. The number of nitrogens with one attached hydrogen (secondary N) is 1. The molecule has 0 amide bonds. The minimum Gasteiger partial charge on any atom is -0.377 e. The van der Waals surface area contributed by atoms with E-state index in [9.17, 15) is 0 Å². The summed E-state index contributed by atoms with van der Waals surface area (Å²) < 4.78 is 5.10. The molecule has 0 radical (unpaired) electrons. The molecule has 1 saturated heterocycles. The monoisotopic (exact) mass is 207 g/mol. The van der Waals surface area contributed by atoms with Crippen LogP contribution in [0.4, 0.5) is 0 Å². The van der Waals surface area contributed by atoms with Gasteiger partial charge in [-0.3, -0.25) is 0 Å². The number of hydrogen-bond donors (Lipinski definition) is 1. The average molecular weight is 207 g/mol. The molecule has 0 aliphatic carbocycles. The van der Waals surface area contributed by atoms with Crippen molar-refractivity contribution in [3.05, 3.63) is 0 Å². The Bertz CT molecular complexity index is 183. The van der Waals surface area contributed by atoms with E-state index >= 15 is 0 Å². The summed E-state index contributed by atoms with van der Waals surface area (Å²) in [5.41, 5.74) is 0. The molecule has 0 unspecified atom stereocenters. The average Bonchev–Trinajstić information content (AvgIpc) is 2.16. The van der Waals surface area contributed by atoms with Crippen molar-refractivity contribution in [2.24, 2.45) is 0 Å². The van der Waals surface area contributed by atoms with E-state index in [4.69, 9.17) is 0 Å². The molecule has 3 nitrogen and oxygen atoms in total. The van der Waals surface area contributed by atoms with E-state index < -0.39 is 0 Å². The molecule has 0 spiro atoms. The molecule has 15 heavy (non-hydrogen) atoms. The number of nitrogens with zero attached hydrogens (tertiary/aromatic N) is 2. The third-order valence-electron chi connectivity index (χ3n) is 3.19. The highest BCUT2D eigenvalue weighted by atomic mass is 15.2. The second-order valence-electron chi connectivity index (χ2n) is 5.44. The van der Waals surface area contributed by atoms with E-state index in [0.29, 0.717) is 24.9 Å². The van der Waals surface area contributed by atoms with Crippen LogP contribution >= 0.6 is 0 Å². The predicted molar refractivity (Wildman–Crippen MR) is 72.2 cm³/mol. The predicted octanol–water partition coefficient (Wildman–Crippen LogP) is 0.442. The van der Waals surface area contributed by atoms with E-state index in [1.165, 1.54) is 0 Å². The fraction of sp³-hybridized carbons (Fsp3) is 1.00. The minimum absolute atomic E-state index is 0.575. The van der Waals surface area contributed by atoms with E-state index in [1.807, 2.05) is 0 Å². The third kappa shape index (κ3) is 3.02. The summed E-state index contributed by atoms with van der Waals surface area (Å²) in [6, 6.07) is 1.21.